The smallest absolute Gasteiger partial charge is 0.333 e. The Hall–Kier alpha value is -7.30. The van der Waals surface area contributed by atoms with E-state index >= 15 is 0 Å². The molecule has 9 aromatic carbocycles. The molecule has 4 aliphatic rings. The number of unbranched alkanes of at least 4 members (excludes halogenated alkanes) is 1. The van der Waals surface area contributed by atoms with Crippen LogP contribution in [-0.2, 0) is 22.7 Å². The summed E-state index contributed by atoms with van der Waals surface area (Å²) in [5.74, 6) is 0. The lowest BCUT2D eigenvalue weighted by Gasteiger charge is -2.46. The number of hydrogen-bond acceptors (Lipinski definition) is 3. The van der Waals surface area contributed by atoms with Gasteiger partial charge in [0.1, 0.15) is 11.2 Å². The predicted molar refractivity (Wildman–Crippen MR) is 321 cm³/mol. The van der Waals surface area contributed by atoms with E-state index in [0.717, 1.165) is 36.1 Å². The van der Waals surface area contributed by atoms with Gasteiger partial charge in [0.2, 0.25) is 0 Å². The number of nitrogens with zero attached hydrogens (tertiary/aromatic N) is 2. The number of aryl methyl sites for hydroxylation is 5. The van der Waals surface area contributed by atoms with Gasteiger partial charge in [-0.1, -0.05) is 151 Å². The Labute approximate surface area is 444 Å². The summed E-state index contributed by atoms with van der Waals surface area (Å²) in [6, 6.07) is 57.2. The molecule has 0 saturated carbocycles. The van der Waals surface area contributed by atoms with Gasteiger partial charge < -0.3 is 14.1 Å². The van der Waals surface area contributed by atoms with Gasteiger partial charge in [-0.25, -0.2) is 0 Å². The largest absolute Gasteiger partial charge is 0.456 e. The van der Waals surface area contributed by atoms with Crippen LogP contribution in [0.25, 0.3) is 66.1 Å². The zero-order valence-corrected chi connectivity index (χ0v) is 45.8. The second-order valence-electron chi connectivity index (χ2n) is 24.8. The predicted octanol–water partition coefficient (Wildman–Crippen LogP) is 18.3. The molecular weight excluding hydrogens is 908 g/mol. The highest BCUT2D eigenvalue weighted by Crippen LogP contribution is 2.55. The summed E-state index contributed by atoms with van der Waals surface area (Å²) in [6.45, 7) is 25.8. The molecule has 0 fully saturated rings. The molecule has 0 N–H and O–H groups in total. The van der Waals surface area contributed by atoms with Crippen molar-refractivity contribution < 1.29 is 4.42 Å². The molecule has 75 heavy (non-hydrogen) atoms. The summed E-state index contributed by atoms with van der Waals surface area (Å²) < 4.78 is 7.23. The molecule has 0 radical (unpaired) electrons. The summed E-state index contributed by atoms with van der Waals surface area (Å²) in [5.41, 5.74) is 30.5. The summed E-state index contributed by atoms with van der Waals surface area (Å²) >= 11 is 0. The van der Waals surface area contributed by atoms with Gasteiger partial charge in [0, 0.05) is 56.3 Å². The highest BCUT2D eigenvalue weighted by Gasteiger charge is 2.48. The van der Waals surface area contributed by atoms with E-state index < -0.39 is 0 Å². The second-order valence-corrected chi connectivity index (χ2v) is 24.8. The Morgan fingerprint density at radius 3 is 1.99 bits per heavy atom. The Morgan fingerprint density at radius 2 is 1.21 bits per heavy atom. The van der Waals surface area contributed by atoms with E-state index in [2.05, 4.69) is 231 Å². The van der Waals surface area contributed by atoms with Crippen molar-refractivity contribution >= 4 is 78.9 Å². The van der Waals surface area contributed by atoms with Crippen LogP contribution in [0.3, 0.4) is 0 Å². The van der Waals surface area contributed by atoms with Crippen molar-refractivity contribution in [2.75, 3.05) is 9.71 Å². The first-order valence-electron chi connectivity index (χ1n) is 27.8. The number of hydrogen-bond donors (Lipinski definition) is 0. The average molecular weight is 975 g/mol. The topological polar surface area (TPSA) is 19.6 Å². The minimum atomic E-state index is -0.180. The molecule has 2 aliphatic heterocycles. The summed E-state index contributed by atoms with van der Waals surface area (Å²) in [7, 11) is 0. The van der Waals surface area contributed by atoms with Gasteiger partial charge in [-0.05, 0) is 207 Å². The maximum Gasteiger partial charge on any atom is 0.333 e. The molecule has 370 valence electrons. The molecule has 3 nitrogen and oxygen atoms in total. The van der Waals surface area contributed by atoms with E-state index in [9.17, 15) is 0 Å². The van der Waals surface area contributed by atoms with Gasteiger partial charge in [0.15, 0.2) is 0 Å². The fraction of sp³-hybridized carbons (Fsp3) is 0.268. The maximum absolute atomic E-state index is 7.23. The van der Waals surface area contributed by atoms with Crippen LogP contribution in [0.15, 0.2) is 150 Å². The zero-order chi connectivity index (χ0) is 51.6. The molecule has 3 heterocycles. The SMILES string of the molecule is CCCCc1ccc(N2c3cc4oc5cc6c(cc5c4cc3B3c4c(cc(-c5c(C)cc(C)cc5C)cc42)-c2c(ccc4ccccc24)N3c2ccc3c(c2)C(C)(C)c2ccccc2-3)C(C)(C)CCC6(C)C)c(C)c1. The molecular formula is C71H67BN2O. The Kier molecular flexibility index (Phi) is 9.93. The van der Waals surface area contributed by atoms with Gasteiger partial charge in [0.05, 0.1) is 0 Å². The Balaban J connectivity index is 1.13. The molecule has 0 saturated heterocycles. The van der Waals surface area contributed by atoms with E-state index in [1.165, 1.54) is 152 Å². The number of rotatable bonds is 6. The van der Waals surface area contributed by atoms with Crippen molar-refractivity contribution in [3.8, 4) is 33.4 Å². The van der Waals surface area contributed by atoms with E-state index in [1.54, 1.807) is 0 Å². The van der Waals surface area contributed by atoms with Crippen molar-refractivity contribution in [1.82, 2.24) is 0 Å². The molecule has 0 bridgehead atoms. The van der Waals surface area contributed by atoms with Gasteiger partial charge >= 0.3 is 6.85 Å². The van der Waals surface area contributed by atoms with Crippen LogP contribution in [-0.4, -0.2) is 6.85 Å². The van der Waals surface area contributed by atoms with E-state index in [4.69, 9.17) is 4.42 Å². The van der Waals surface area contributed by atoms with Crippen molar-refractivity contribution in [3.05, 3.63) is 196 Å². The molecule has 0 spiro atoms. The normalized spacial score (nSPS) is 16.2. The first-order chi connectivity index (χ1) is 36.0. The zero-order valence-electron chi connectivity index (χ0n) is 45.8. The summed E-state index contributed by atoms with van der Waals surface area (Å²) in [5, 5.41) is 4.90. The monoisotopic (exact) mass is 975 g/mol. The van der Waals surface area contributed by atoms with Gasteiger partial charge in [-0.15, -0.1) is 0 Å². The second kappa shape index (κ2) is 16.1. The van der Waals surface area contributed by atoms with Crippen LogP contribution in [0, 0.1) is 27.7 Å². The number of furan rings is 1. The Bertz CT molecular complexity index is 4080. The first kappa shape index (κ1) is 46.3. The summed E-state index contributed by atoms with van der Waals surface area (Å²) in [4.78, 5) is 5.36. The lowest BCUT2D eigenvalue weighted by Crippen LogP contribution is -2.61. The number of anilines is 5. The van der Waals surface area contributed by atoms with Crippen molar-refractivity contribution in [2.24, 2.45) is 0 Å². The minimum Gasteiger partial charge on any atom is -0.456 e. The minimum absolute atomic E-state index is 0.0574. The standard InChI is InChI=1S/C71H67BN2O/c1-12-13-18-45-23-27-60(42(3)33-45)73-62-40-65-53(52-37-57-58(39-64(52)75-65)70(8,9)30-29-69(57,6)7)38-59(62)72-68-54(34-47(35-63(68)73)66-43(4)31-41(2)32-44(66)5)67-49-20-15-14-19-46(49)24-28-61(67)74(72)48-25-26-51-50-21-16-17-22-55(50)71(10,11)56(51)36-48/h14-17,19-28,31-40H,12-13,18,29-30H2,1-11H3. The lowest BCUT2D eigenvalue weighted by atomic mass is 9.43. The average Bonchev–Trinajstić information content (AvgIpc) is 3.88. The van der Waals surface area contributed by atoms with Crippen LogP contribution < -0.4 is 20.6 Å². The molecule has 4 heteroatoms. The molecule has 2 aliphatic carbocycles. The molecule has 0 unspecified atom stereocenters. The van der Waals surface area contributed by atoms with Crippen molar-refractivity contribution in [1.29, 1.82) is 0 Å². The van der Waals surface area contributed by atoms with Crippen LogP contribution in [0.1, 0.15) is 124 Å². The third-order valence-corrected chi connectivity index (χ3v) is 18.6. The summed E-state index contributed by atoms with van der Waals surface area (Å²) in [6.07, 6.45) is 5.74. The van der Waals surface area contributed by atoms with E-state index in [1.807, 2.05) is 0 Å². The van der Waals surface area contributed by atoms with Crippen molar-refractivity contribution in [2.45, 2.75) is 125 Å². The highest BCUT2D eigenvalue weighted by atomic mass is 16.3. The molecule has 1 aromatic heterocycles. The molecule has 0 amide bonds. The van der Waals surface area contributed by atoms with E-state index in [0.29, 0.717) is 0 Å². The fourth-order valence-electron chi connectivity index (χ4n) is 14.7. The first-order valence-corrected chi connectivity index (χ1v) is 27.8. The Morgan fingerprint density at radius 1 is 0.520 bits per heavy atom. The van der Waals surface area contributed by atoms with Gasteiger partial charge in [-0.3, -0.25) is 0 Å². The van der Waals surface area contributed by atoms with Crippen LogP contribution >= 0.6 is 0 Å². The van der Waals surface area contributed by atoms with Crippen LogP contribution in [0.5, 0.6) is 0 Å². The fourth-order valence-corrected chi connectivity index (χ4v) is 14.7. The third-order valence-electron chi connectivity index (χ3n) is 18.6. The molecule has 14 rings (SSSR count). The highest BCUT2D eigenvalue weighted by molar-refractivity contribution is 6.94. The number of benzene rings is 9. The van der Waals surface area contributed by atoms with Crippen LogP contribution in [0.2, 0.25) is 0 Å². The molecule has 10 aromatic rings. The maximum atomic E-state index is 7.23. The van der Waals surface area contributed by atoms with Gasteiger partial charge in [-0.2, -0.15) is 0 Å². The van der Waals surface area contributed by atoms with Gasteiger partial charge in [0.25, 0.3) is 0 Å². The van der Waals surface area contributed by atoms with Crippen LogP contribution in [0.4, 0.5) is 28.4 Å². The lowest BCUT2D eigenvalue weighted by molar-refractivity contribution is 0.332. The molecule has 0 atom stereocenters. The number of fused-ring (bicyclic) bond motifs is 13. The third kappa shape index (κ3) is 6.66. The van der Waals surface area contributed by atoms with Crippen molar-refractivity contribution in [3.63, 3.8) is 0 Å². The quantitative estimate of drug-likeness (QED) is 0.155. The van der Waals surface area contributed by atoms with E-state index in [-0.39, 0.29) is 23.1 Å².